The Bertz CT molecular complexity index is 3750. The summed E-state index contributed by atoms with van der Waals surface area (Å²) in [5, 5.41) is 8.90. The van der Waals surface area contributed by atoms with Crippen molar-refractivity contribution in [1.82, 2.24) is 4.57 Å². The van der Waals surface area contributed by atoms with Gasteiger partial charge >= 0.3 is 0 Å². The van der Waals surface area contributed by atoms with Gasteiger partial charge < -0.3 is 14.4 Å². The molecule has 14 rings (SSSR count). The molecule has 6 heteroatoms. The molecule has 0 aliphatic carbocycles. The molecule has 0 unspecified atom stereocenters. The average molecular weight is 824 g/mol. The van der Waals surface area contributed by atoms with Crippen LogP contribution in [0.2, 0.25) is 0 Å². The van der Waals surface area contributed by atoms with Crippen molar-refractivity contribution in [2.75, 3.05) is 9.80 Å². The second-order valence-electron chi connectivity index (χ2n) is 16.4. The topological polar surface area (TPSA) is 11.4 Å². The van der Waals surface area contributed by atoms with E-state index in [1.807, 2.05) is 22.7 Å². The molecule has 0 spiro atoms. The first-order valence-electron chi connectivity index (χ1n) is 21.2. The Balaban J connectivity index is 1.09. The molecule has 0 amide bonds. The van der Waals surface area contributed by atoms with Crippen molar-refractivity contribution in [2.45, 2.75) is 0 Å². The number of fused-ring (bicyclic) bond motifs is 12. The van der Waals surface area contributed by atoms with E-state index in [0.717, 1.165) is 0 Å². The highest BCUT2D eigenvalue weighted by molar-refractivity contribution is 7.35. The van der Waals surface area contributed by atoms with Gasteiger partial charge in [-0.25, -0.2) is 0 Å². The number of nitrogens with zero attached hydrogens (tertiary/aromatic N) is 3. The van der Waals surface area contributed by atoms with Gasteiger partial charge in [0.1, 0.15) is 0 Å². The van der Waals surface area contributed by atoms with Crippen molar-refractivity contribution in [1.29, 1.82) is 0 Å². The lowest BCUT2D eigenvalue weighted by molar-refractivity contribution is 1.19. The first-order valence-corrected chi connectivity index (χ1v) is 22.8. The smallest absolute Gasteiger partial charge is 0.266 e. The van der Waals surface area contributed by atoms with E-state index in [0.29, 0.717) is 0 Å². The molecule has 2 aliphatic heterocycles. The van der Waals surface area contributed by atoms with Crippen LogP contribution in [0.3, 0.4) is 0 Å². The number of hydrogen-bond acceptors (Lipinski definition) is 4. The second kappa shape index (κ2) is 13.1. The maximum atomic E-state index is 2.61. The van der Waals surface area contributed by atoms with E-state index in [2.05, 4.69) is 221 Å². The lowest BCUT2D eigenvalue weighted by atomic mass is 9.36. The average Bonchev–Trinajstić information content (AvgIpc) is 4.02. The van der Waals surface area contributed by atoms with Crippen molar-refractivity contribution >= 4 is 131 Å². The van der Waals surface area contributed by atoms with Crippen molar-refractivity contribution in [3.05, 3.63) is 206 Å². The van der Waals surface area contributed by atoms with Crippen LogP contribution in [0.1, 0.15) is 0 Å². The molecule has 0 N–H and O–H groups in total. The summed E-state index contributed by atoms with van der Waals surface area (Å²) in [6.07, 6.45) is 0. The third-order valence-corrected chi connectivity index (χ3v) is 15.5. The molecule has 0 radical (unpaired) electrons. The SMILES string of the molecule is c1ccc(-c2cccc(N3c4cccc5c4B(c4sc6ccc(-n7c8ccccc8c8ccccc87)cc6c4N5c4cccc5ccccc45)c4c3sc3ccccc43)c2)cc1. The van der Waals surface area contributed by atoms with E-state index in [-0.39, 0.29) is 6.71 Å². The fourth-order valence-electron chi connectivity index (χ4n) is 10.6. The third kappa shape index (κ3) is 4.76. The van der Waals surface area contributed by atoms with Gasteiger partial charge in [-0.05, 0) is 99.6 Å². The molecule has 9 aromatic carbocycles. The van der Waals surface area contributed by atoms with Crippen LogP contribution in [-0.2, 0) is 0 Å². The normalized spacial score (nSPS) is 13.1. The number of para-hydroxylation sites is 2. The zero-order valence-electron chi connectivity index (χ0n) is 33.4. The van der Waals surface area contributed by atoms with Gasteiger partial charge in [0.15, 0.2) is 0 Å². The van der Waals surface area contributed by atoms with Crippen molar-refractivity contribution in [2.24, 2.45) is 0 Å². The molecule has 0 saturated carbocycles. The van der Waals surface area contributed by atoms with Crippen LogP contribution in [0.5, 0.6) is 0 Å². The van der Waals surface area contributed by atoms with Gasteiger partial charge in [0.25, 0.3) is 6.71 Å². The van der Waals surface area contributed by atoms with E-state index in [4.69, 9.17) is 0 Å². The second-order valence-corrected chi connectivity index (χ2v) is 18.5. The summed E-state index contributed by atoms with van der Waals surface area (Å²) in [5.41, 5.74) is 14.9. The highest BCUT2D eigenvalue weighted by Crippen LogP contribution is 2.51. The van der Waals surface area contributed by atoms with Crippen LogP contribution in [0.15, 0.2) is 206 Å². The highest BCUT2D eigenvalue weighted by Gasteiger charge is 2.47. The molecule has 0 atom stereocenters. The predicted octanol–water partition coefficient (Wildman–Crippen LogP) is 14.1. The Kier molecular flexibility index (Phi) is 7.24. The molecule has 5 heterocycles. The Morgan fingerprint density at radius 3 is 1.81 bits per heavy atom. The molecule has 12 aromatic rings. The maximum absolute atomic E-state index is 2.61. The number of thiophene rings is 2. The van der Waals surface area contributed by atoms with Gasteiger partial charge in [0.2, 0.25) is 0 Å². The van der Waals surface area contributed by atoms with E-state index in [1.54, 1.807) is 0 Å². The summed E-state index contributed by atoms with van der Waals surface area (Å²) >= 11 is 3.88. The zero-order valence-corrected chi connectivity index (χ0v) is 35.0. The van der Waals surface area contributed by atoms with Crippen LogP contribution in [0.25, 0.3) is 69.6 Å². The fourth-order valence-corrected chi connectivity index (χ4v) is 13.1. The fraction of sp³-hybridized carbons (Fsp3) is 0. The summed E-state index contributed by atoms with van der Waals surface area (Å²) in [5.74, 6) is 0. The quantitative estimate of drug-likeness (QED) is 0.164. The standard InChI is InChI=1S/C56H34BN3S2/c1-2-15-35(16-3-1)37-19-12-20-38(33-37)59-48-28-14-29-49-53(48)57(52-43-24-8-11-30-50(43)62-56(52)59)55-54(60(49)45-27-13-18-36-17-4-5-21-40(36)45)44-34-39(31-32-51(44)61-55)58-46-25-9-6-22-41(46)42-23-7-10-26-47(42)58/h1-34H. The minimum atomic E-state index is 0.0382. The van der Waals surface area contributed by atoms with Gasteiger partial charge in [-0.15, -0.1) is 22.7 Å². The lowest BCUT2D eigenvalue weighted by Gasteiger charge is -2.42. The summed E-state index contributed by atoms with van der Waals surface area (Å²) < 4.78 is 6.44. The summed E-state index contributed by atoms with van der Waals surface area (Å²) in [4.78, 5) is 5.17. The Morgan fingerprint density at radius 1 is 0.371 bits per heavy atom. The Morgan fingerprint density at radius 2 is 0.984 bits per heavy atom. The number of anilines is 6. The number of benzene rings is 9. The van der Waals surface area contributed by atoms with E-state index in [9.17, 15) is 0 Å². The van der Waals surface area contributed by atoms with E-state index < -0.39 is 0 Å². The molecular formula is C56H34BN3S2. The van der Waals surface area contributed by atoms with Crippen LogP contribution in [-0.4, -0.2) is 11.3 Å². The molecule has 3 aromatic heterocycles. The van der Waals surface area contributed by atoms with Crippen molar-refractivity contribution in [3.63, 3.8) is 0 Å². The van der Waals surface area contributed by atoms with Gasteiger partial charge in [-0.1, -0.05) is 140 Å². The maximum Gasteiger partial charge on any atom is 0.266 e. The Hall–Kier alpha value is -7.38. The van der Waals surface area contributed by atoms with Crippen LogP contribution in [0, 0.1) is 0 Å². The Labute approximate surface area is 366 Å². The van der Waals surface area contributed by atoms with Gasteiger partial charge in [0, 0.05) is 58.5 Å². The number of hydrogen-bond donors (Lipinski definition) is 0. The predicted molar refractivity (Wildman–Crippen MR) is 269 cm³/mol. The molecule has 288 valence electrons. The van der Waals surface area contributed by atoms with Crippen molar-refractivity contribution < 1.29 is 0 Å². The summed E-state index contributed by atoms with van der Waals surface area (Å²) in [7, 11) is 0. The van der Waals surface area contributed by atoms with E-state index in [1.165, 1.54) is 119 Å². The monoisotopic (exact) mass is 823 g/mol. The first-order chi connectivity index (χ1) is 30.8. The minimum absolute atomic E-state index is 0.0382. The number of aromatic nitrogens is 1. The zero-order chi connectivity index (χ0) is 40.5. The molecule has 0 saturated heterocycles. The number of rotatable bonds is 4. The van der Waals surface area contributed by atoms with Crippen LogP contribution < -0.4 is 25.5 Å². The minimum Gasteiger partial charge on any atom is -0.309 e. The van der Waals surface area contributed by atoms with Gasteiger partial charge in [-0.2, -0.15) is 0 Å². The third-order valence-electron chi connectivity index (χ3n) is 13.2. The largest absolute Gasteiger partial charge is 0.309 e. The van der Waals surface area contributed by atoms with Crippen LogP contribution >= 0.6 is 22.7 Å². The van der Waals surface area contributed by atoms with Crippen LogP contribution in [0.4, 0.5) is 33.4 Å². The molecular weight excluding hydrogens is 790 g/mol. The summed E-state index contributed by atoms with van der Waals surface area (Å²) in [6.45, 7) is 0.0382. The molecule has 62 heavy (non-hydrogen) atoms. The lowest BCUT2D eigenvalue weighted by Crippen LogP contribution is -2.60. The first kappa shape index (κ1) is 34.3. The molecule has 2 aliphatic rings. The van der Waals surface area contributed by atoms with Gasteiger partial charge in [0.05, 0.1) is 27.4 Å². The molecule has 0 fully saturated rings. The van der Waals surface area contributed by atoms with Crippen molar-refractivity contribution in [3.8, 4) is 16.8 Å². The summed E-state index contributed by atoms with van der Waals surface area (Å²) in [6, 6.07) is 76.4. The van der Waals surface area contributed by atoms with E-state index >= 15 is 0 Å². The van der Waals surface area contributed by atoms with Gasteiger partial charge in [-0.3, -0.25) is 0 Å². The molecule has 0 bridgehead atoms. The highest BCUT2D eigenvalue weighted by atomic mass is 32.1. The molecule has 3 nitrogen and oxygen atoms in total.